The Kier molecular flexibility index (Phi) is 4.69. The first kappa shape index (κ1) is 19.6. The number of methoxy groups -OCH3 is 1. The number of pyridine rings is 1. The molecule has 4 rings (SSSR count). The molecule has 0 aliphatic carbocycles. The fourth-order valence-electron chi connectivity index (χ4n) is 4.27. The molecule has 0 N–H and O–H groups in total. The molecule has 29 heavy (non-hydrogen) atoms. The predicted octanol–water partition coefficient (Wildman–Crippen LogP) is 4.84. The van der Waals surface area contributed by atoms with E-state index in [0.717, 1.165) is 37.7 Å². The molecular weight excluding hydrogens is 439 g/mol. The van der Waals surface area contributed by atoms with E-state index in [0.29, 0.717) is 5.52 Å². The first-order chi connectivity index (χ1) is 13.7. The fraction of sp³-hybridized carbons (Fsp3) is 0.286. The van der Waals surface area contributed by atoms with E-state index in [1.54, 1.807) is 17.9 Å². The van der Waals surface area contributed by atoms with Crippen molar-refractivity contribution in [1.29, 1.82) is 0 Å². The molecule has 6 nitrogen and oxygen atoms in total. The quantitative estimate of drug-likeness (QED) is 0.412. The lowest BCUT2D eigenvalue weighted by atomic mass is 9.96. The standard InChI is InChI=1S/C21H20BrFN4O2/c1-10-6-14(23)7-11(2)16(10)12(3)27-15-8-13(22)9-24-17(15)19-20(27)18(21(28)29-5)25-26(19)4/h6-9,12H,1-5H3. The highest BCUT2D eigenvalue weighted by Gasteiger charge is 2.28. The number of ether oxygens (including phenoxy) is 1. The Morgan fingerprint density at radius 2 is 1.86 bits per heavy atom. The Labute approximate surface area is 175 Å². The van der Waals surface area contributed by atoms with Gasteiger partial charge in [0.15, 0.2) is 5.69 Å². The highest BCUT2D eigenvalue weighted by atomic mass is 79.9. The van der Waals surface area contributed by atoms with Crippen LogP contribution < -0.4 is 0 Å². The summed E-state index contributed by atoms with van der Waals surface area (Å²) >= 11 is 3.50. The van der Waals surface area contributed by atoms with Gasteiger partial charge in [-0.1, -0.05) is 0 Å². The van der Waals surface area contributed by atoms with Gasteiger partial charge in [-0.15, -0.1) is 0 Å². The van der Waals surface area contributed by atoms with Crippen LogP contribution in [0.3, 0.4) is 0 Å². The fourth-order valence-corrected chi connectivity index (χ4v) is 4.59. The molecule has 8 heteroatoms. The minimum absolute atomic E-state index is 0.195. The average Bonchev–Trinajstić information content (AvgIpc) is 3.15. The van der Waals surface area contributed by atoms with Crippen molar-refractivity contribution in [1.82, 2.24) is 19.3 Å². The third-order valence-corrected chi connectivity index (χ3v) is 5.76. The van der Waals surface area contributed by atoms with Gasteiger partial charge in [0.05, 0.1) is 18.7 Å². The zero-order valence-electron chi connectivity index (χ0n) is 16.7. The van der Waals surface area contributed by atoms with Crippen molar-refractivity contribution in [2.24, 2.45) is 7.05 Å². The summed E-state index contributed by atoms with van der Waals surface area (Å²) in [5.41, 5.74) is 5.88. The van der Waals surface area contributed by atoms with Gasteiger partial charge in [0.1, 0.15) is 22.4 Å². The lowest BCUT2D eigenvalue weighted by Gasteiger charge is -2.21. The molecule has 0 aliphatic heterocycles. The van der Waals surface area contributed by atoms with Crippen molar-refractivity contribution in [3.8, 4) is 0 Å². The molecule has 0 saturated heterocycles. The van der Waals surface area contributed by atoms with Crippen LogP contribution in [-0.2, 0) is 11.8 Å². The van der Waals surface area contributed by atoms with E-state index in [1.165, 1.54) is 19.2 Å². The van der Waals surface area contributed by atoms with Crippen LogP contribution in [0.4, 0.5) is 4.39 Å². The maximum atomic E-state index is 13.9. The summed E-state index contributed by atoms with van der Waals surface area (Å²) in [6, 6.07) is 4.83. The normalized spacial score (nSPS) is 12.7. The molecule has 1 aromatic carbocycles. The highest BCUT2D eigenvalue weighted by Crippen LogP contribution is 2.37. The molecule has 3 aromatic heterocycles. The number of hydrogen-bond donors (Lipinski definition) is 0. The minimum atomic E-state index is -0.515. The third kappa shape index (κ3) is 2.93. The van der Waals surface area contributed by atoms with Gasteiger partial charge >= 0.3 is 5.97 Å². The summed E-state index contributed by atoms with van der Waals surface area (Å²) in [6.45, 7) is 5.81. The summed E-state index contributed by atoms with van der Waals surface area (Å²) in [7, 11) is 3.11. The average molecular weight is 459 g/mol. The second-order valence-electron chi connectivity index (χ2n) is 7.18. The number of aryl methyl sites for hydroxylation is 3. The summed E-state index contributed by atoms with van der Waals surface area (Å²) in [5.74, 6) is -0.780. The van der Waals surface area contributed by atoms with Gasteiger partial charge in [-0.25, -0.2) is 9.18 Å². The van der Waals surface area contributed by atoms with E-state index < -0.39 is 5.97 Å². The SMILES string of the molecule is COC(=O)c1nn(C)c2c3ncc(Br)cc3n(C(C)c3c(C)cc(F)cc3C)c12. The molecule has 4 aromatic rings. The van der Waals surface area contributed by atoms with Crippen molar-refractivity contribution in [3.63, 3.8) is 0 Å². The van der Waals surface area contributed by atoms with Gasteiger partial charge in [-0.05, 0) is 71.6 Å². The lowest BCUT2D eigenvalue weighted by molar-refractivity contribution is 0.0594. The first-order valence-corrected chi connectivity index (χ1v) is 9.91. The Hall–Kier alpha value is -2.74. The third-order valence-electron chi connectivity index (χ3n) is 5.32. The zero-order chi connectivity index (χ0) is 21.0. The minimum Gasteiger partial charge on any atom is -0.464 e. The van der Waals surface area contributed by atoms with Crippen molar-refractivity contribution >= 4 is 44.0 Å². The van der Waals surface area contributed by atoms with Crippen LogP contribution in [0.5, 0.6) is 0 Å². The Morgan fingerprint density at radius 3 is 2.48 bits per heavy atom. The smallest absolute Gasteiger partial charge is 0.360 e. The molecule has 150 valence electrons. The number of hydrogen-bond acceptors (Lipinski definition) is 4. The van der Waals surface area contributed by atoms with Gasteiger partial charge < -0.3 is 9.30 Å². The second kappa shape index (κ2) is 6.95. The van der Waals surface area contributed by atoms with E-state index in [2.05, 4.69) is 26.0 Å². The van der Waals surface area contributed by atoms with Crippen molar-refractivity contribution in [2.45, 2.75) is 26.8 Å². The number of carbonyl (C=O) groups is 1. The second-order valence-corrected chi connectivity index (χ2v) is 8.10. The number of rotatable bonds is 3. The molecule has 0 radical (unpaired) electrons. The summed E-state index contributed by atoms with van der Waals surface area (Å²) in [5, 5.41) is 4.40. The number of carbonyl (C=O) groups excluding carboxylic acids is 1. The molecule has 0 aliphatic rings. The van der Waals surface area contributed by atoms with Crippen LogP contribution in [0.1, 0.15) is 40.1 Å². The van der Waals surface area contributed by atoms with Crippen LogP contribution in [-0.4, -0.2) is 32.4 Å². The Balaban J connectivity index is 2.14. The van der Waals surface area contributed by atoms with E-state index in [9.17, 15) is 9.18 Å². The number of halogens is 2. The number of esters is 1. The van der Waals surface area contributed by atoms with Gasteiger partial charge in [-0.2, -0.15) is 5.10 Å². The summed E-state index contributed by atoms with van der Waals surface area (Å²) in [4.78, 5) is 17.1. The monoisotopic (exact) mass is 458 g/mol. The van der Waals surface area contributed by atoms with Gasteiger partial charge in [-0.3, -0.25) is 9.67 Å². The maximum absolute atomic E-state index is 13.9. The topological polar surface area (TPSA) is 61.9 Å². The number of fused-ring (bicyclic) bond motifs is 3. The van der Waals surface area contributed by atoms with Crippen molar-refractivity contribution in [3.05, 3.63) is 57.1 Å². The van der Waals surface area contributed by atoms with Crippen LogP contribution in [0, 0.1) is 19.7 Å². The van der Waals surface area contributed by atoms with Gasteiger partial charge in [0, 0.05) is 17.7 Å². The molecule has 1 atom stereocenters. The van der Waals surface area contributed by atoms with Crippen LogP contribution in [0.2, 0.25) is 0 Å². The zero-order valence-corrected chi connectivity index (χ0v) is 18.3. The molecule has 1 unspecified atom stereocenters. The van der Waals surface area contributed by atoms with Gasteiger partial charge in [0.2, 0.25) is 0 Å². The highest BCUT2D eigenvalue weighted by molar-refractivity contribution is 9.10. The molecule has 0 amide bonds. The van der Waals surface area contributed by atoms with Gasteiger partial charge in [0.25, 0.3) is 0 Å². The largest absolute Gasteiger partial charge is 0.464 e. The molecule has 0 bridgehead atoms. The van der Waals surface area contributed by atoms with Crippen molar-refractivity contribution < 1.29 is 13.9 Å². The van der Waals surface area contributed by atoms with Crippen LogP contribution in [0.15, 0.2) is 28.9 Å². The Bertz CT molecular complexity index is 1270. The van der Waals surface area contributed by atoms with E-state index in [-0.39, 0.29) is 17.6 Å². The van der Waals surface area contributed by atoms with Crippen LogP contribution >= 0.6 is 15.9 Å². The molecular formula is C21H20BrFN4O2. The molecule has 0 fully saturated rings. The number of nitrogens with zero attached hydrogens (tertiary/aromatic N) is 4. The summed E-state index contributed by atoms with van der Waals surface area (Å²) < 4.78 is 23.4. The first-order valence-electron chi connectivity index (χ1n) is 9.11. The predicted molar refractivity (Wildman–Crippen MR) is 113 cm³/mol. The van der Waals surface area contributed by atoms with Crippen molar-refractivity contribution in [2.75, 3.05) is 7.11 Å². The summed E-state index contributed by atoms with van der Waals surface area (Å²) in [6.07, 6.45) is 1.72. The van der Waals surface area contributed by atoms with E-state index >= 15 is 0 Å². The molecule has 0 saturated carbocycles. The van der Waals surface area contributed by atoms with E-state index in [1.807, 2.05) is 31.4 Å². The number of aromatic nitrogens is 4. The molecule has 0 spiro atoms. The lowest BCUT2D eigenvalue weighted by Crippen LogP contribution is -2.13. The number of benzene rings is 1. The Morgan fingerprint density at radius 1 is 1.21 bits per heavy atom. The molecule has 3 heterocycles. The van der Waals surface area contributed by atoms with Crippen LogP contribution in [0.25, 0.3) is 22.1 Å². The van der Waals surface area contributed by atoms with E-state index in [4.69, 9.17) is 4.74 Å². The maximum Gasteiger partial charge on any atom is 0.360 e.